The predicted octanol–water partition coefficient (Wildman–Crippen LogP) is 3.43. The molecule has 3 heteroatoms. The summed E-state index contributed by atoms with van der Waals surface area (Å²) in [6.45, 7) is 1.97. The van der Waals surface area contributed by atoms with Gasteiger partial charge in [0.2, 0.25) is 5.88 Å². The molecule has 1 aliphatic rings. The van der Waals surface area contributed by atoms with Crippen LogP contribution in [0.2, 0.25) is 0 Å². The number of rotatable bonds is 2. The molecule has 2 N–H and O–H groups in total. The summed E-state index contributed by atoms with van der Waals surface area (Å²) in [6.07, 6.45) is 5.11. The van der Waals surface area contributed by atoms with Crippen molar-refractivity contribution in [3.63, 3.8) is 0 Å². The molecule has 0 bridgehead atoms. The first-order chi connectivity index (χ1) is 9.25. The summed E-state index contributed by atoms with van der Waals surface area (Å²) in [4.78, 5) is 4.26. The number of aromatic nitrogens is 1. The molecule has 0 saturated heterocycles. The van der Waals surface area contributed by atoms with Gasteiger partial charge in [0.1, 0.15) is 6.10 Å². The standard InChI is InChI=1S/C16H18N2O/c1-11-9-10-18-16(15(11)17)19-14-8-4-6-12-5-2-3-7-13(12)14/h2-3,5,7,9-10,14H,4,6,8,17H2,1H3. The van der Waals surface area contributed by atoms with E-state index in [4.69, 9.17) is 10.5 Å². The van der Waals surface area contributed by atoms with Gasteiger partial charge in [-0.15, -0.1) is 0 Å². The van der Waals surface area contributed by atoms with Gasteiger partial charge in [0.15, 0.2) is 0 Å². The van der Waals surface area contributed by atoms with Crippen LogP contribution in [0.1, 0.15) is 35.6 Å². The zero-order valence-corrected chi connectivity index (χ0v) is 11.1. The Kier molecular flexibility index (Phi) is 3.11. The number of hydrogen-bond acceptors (Lipinski definition) is 3. The summed E-state index contributed by atoms with van der Waals surface area (Å²) in [5.41, 5.74) is 10.3. The van der Waals surface area contributed by atoms with Crippen LogP contribution < -0.4 is 10.5 Å². The summed E-state index contributed by atoms with van der Waals surface area (Å²) >= 11 is 0. The summed E-state index contributed by atoms with van der Waals surface area (Å²) < 4.78 is 6.06. The van der Waals surface area contributed by atoms with E-state index < -0.39 is 0 Å². The van der Waals surface area contributed by atoms with Crippen molar-refractivity contribution in [2.45, 2.75) is 32.3 Å². The Labute approximate surface area is 113 Å². The Morgan fingerprint density at radius 3 is 3.00 bits per heavy atom. The molecule has 0 fully saturated rings. The van der Waals surface area contributed by atoms with Crippen molar-refractivity contribution in [3.8, 4) is 5.88 Å². The Bertz CT molecular complexity index is 595. The number of benzene rings is 1. The monoisotopic (exact) mass is 254 g/mol. The van der Waals surface area contributed by atoms with Crippen molar-refractivity contribution in [3.05, 3.63) is 53.2 Å². The van der Waals surface area contributed by atoms with Crippen LogP contribution in [-0.2, 0) is 6.42 Å². The lowest BCUT2D eigenvalue weighted by atomic mass is 9.89. The molecule has 1 aliphatic carbocycles. The van der Waals surface area contributed by atoms with Crippen molar-refractivity contribution < 1.29 is 4.74 Å². The van der Waals surface area contributed by atoms with E-state index in [1.807, 2.05) is 13.0 Å². The van der Waals surface area contributed by atoms with E-state index in [-0.39, 0.29) is 6.10 Å². The molecule has 3 rings (SSSR count). The SMILES string of the molecule is Cc1ccnc(OC2CCCc3ccccc32)c1N. The topological polar surface area (TPSA) is 48.1 Å². The third-order valence-corrected chi connectivity index (χ3v) is 3.74. The van der Waals surface area contributed by atoms with Crippen LogP contribution in [0, 0.1) is 6.92 Å². The predicted molar refractivity (Wildman–Crippen MR) is 76.1 cm³/mol. The second-order valence-corrected chi connectivity index (χ2v) is 5.04. The van der Waals surface area contributed by atoms with Crippen molar-refractivity contribution in [1.29, 1.82) is 0 Å². The number of anilines is 1. The van der Waals surface area contributed by atoms with Gasteiger partial charge < -0.3 is 10.5 Å². The zero-order chi connectivity index (χ0) is 13.2. The number of nitrogen functional groups attached to an aromatic ring is 1. The quantitative estimate of drug-likeness (QED) is 0.893. The minimum absolute atomic E-state index is 0.0709. The summed E-state index contributed by atoms with van der Waals surface area (Å²) in [5.74, 6) is 0.557. The zero-order valence-electron chi connectivity index (χ0n) is 11.1. The van der Waals surface area contributed by atoms with Gasteiger partial charge in [-0.2, -0.15) is 0 Å². The van der Waals surface area contributed by atoms with Gasteiger partial charge >= 0.3 is 0 Å². The number of aryl methyl sites for hydroxylation is 2. The second kappa shape index (κ2) is 4.92. The van der Waals surface area contributed by atoms with E-state index in [0.29, 0.717) is 11.6 Å². The number of nitrogens with zero attached hydrogens (tertiary/aromatic N) is 1. The number of fused-ring (bicyclic) bond motifs is 1. The third kappa shape index (κ3) is 2.28. The average molecular weight is 254 g/mol. The number of ether oxygens (including phenoxy) is 1. The fourth-order valence-electron chi connectivity index (χ4n) is 2.61. The van der Waals surface area contributed by atoms with Gasteiger partial charge in [-0.25, -0.2) is 4.98 Å². The normalized spacial score (nSPS) is 17.8. The van der Waals surface area contributed by atoms with E-state index in [0.717, 1.165) is 24.8 Å². The van der Waals surface area contributed by atoms with E-state index in [1.54, 1.807) is 6.20 Å². The first-order valence-corrected chi connectivity index (χ1v) is 6.71. The molecule has 19 heavy (non-hydrogen) atoms. The third-order valence-electron chi connectivity index (χ3n) is 3.74. The molecule has 0 amide bonds. The lowest BCUT2D eigenvalue weighted by molar-refractivity contribution is 0.177. The lowest BCUT2D eigenvalue weighted by Crippen LogP contribution is -2.16. The number of nitrogens with two attached hydrogens (primary N) is 1. The summed E-state index contributed by atoms with van der Waals surface area (Å²) in [6, 6.07) is 10.4. The van der Waals surface area contributed by atoms with Gasteiger partial charge in [0.25, 0.3) is 0 Å². The van der Waals surface area contributed by atoms with E-state index in [2.05, 4.69) is 29.2 Å². The van der Waals surface area contributed by atoms with Crippen molar-refractivity contribution in [1.82, 2.24) is 4.98 Å². The fourth-order valence-corrected chi connectivity index (χ4v) is 2.61. The first-order valence-electron chi connectivity index (χ1n) is 6.71. The van der Waals surface area contributed by atoms with Gasteiger partial charge in [-0.05, 0) is 48.9 Å². The minimum Gasteiger partial charge on any atom is -0.468 e. The molecule has 1 aromatic heterocycles. The van der Waals surface area contributed by atoms with Crippen molar-refractivity contribution >= 4 is 5.69 Å². The molecule has 1 aromatic carbocycles. The summed E-state index contributed by atoms with van der Waals surface area (Å²) in [7, 11) is 0. The van der Waals surface area contributed by atoms with Crippen LogP contribution in [0.25, 0.3) is 0 Å². The van der Waals surface area contributed by atoms with Gasteiger partial charge in [-0.1, -0.05) is 24.3 Å². The molecule has 2 aromatic rings. The highest BCUT2D eigenvalue weighted by Gasteiger charge is 2.22. The van der Waals surface area contributed by atoms with Crippen molar-refractivity contribution in [2.75, 3.05) is 5.73 Å². The maximum absolute atomic E-state index is 6.06. The maximum Gasteiger partial charge on any atom is 0.238 e. The largest absolute Gasteiger partial charge is 0.468 e. The van der Waals surface area contributed by atoms with Gasteiger partial charge in [-0.3, -0.25) is 0 Å². The molecule has 1 unspecified atom stereocenters. The highest BCUT2D eigenvalue weighted by molar-refractivity contribution is 5.54. The summed E-state index contributed by atoms with van der Waals surface area (Å²) in [5, 5.41) is 0. The molecule has 0 aliphatic heterocycles. The highest BCUT2D eigenvalue weighted by Crippen LogP contribution is 2.35. The molecular formula is C16H18N2O. The number of hydrogen-bond donors (Lipinski definition) is 1. The van der Waals surface area contributed by atoms with Crippen LogP contribution >= 0.6 is 0 Å². The molecule has 98 valence electrons. The molecule has 0 radical (unpaired) electrons. The smallest absolute Gasteiger partial charge is 0.238 e. The Hall–Kier alpha value is -2.03. The van der Waals surface area contributed by atoms with Crippen LogP contribution in [-0.4, -0.2) is 4.98 Å². The van der Waals surface area contributed by atoms with Gasteiger partial charge in [0, 0.05) is 6.20 Å². The Morgan fingerprint density at radius 2 is 2.11 bits per heavy atom. The van der Waals surface area contributed by atoms with Crippen LogP contribution in [0.4, 0.5) is 5.69 Å². The van der Waals surface area contributed by atoms with E-state index >= 15 is 0 Å². The Balaban J connectivity index is 1.91. The second-order valence-electron chi connectivity index (χ2n) is 5.04. The van der Waals surface area contributed by atoms with Crippen LogP contribution in [0.3, 0.4) is 0 Å². The number of pyridine rings is 1. The molecule has 0 spiro atoms. The fraction of sp³-hybridized carbons (Fsp3) is 0.312. The molecule has 1 heterocycles. The Morgan fingerprint density at radius 1 is 1.26 bits per heavy atom. The molecule has 3 nitrogen and oxygen atoms in total. The lowest BCUT2D eigenvalue weighted by Gasteiger charge is -2.26. The maximum atomic E-state index is 6.06. The highest BCUT2D eigenvalue weighted by atomic mass is 16.5. The average Bonchev–Trinajstić information content (AvgIpc) is 2.44. The molecule has 0 saturated carbocycles. The van der Waals surface area contributed by atoms with Crippen molar-refractivity contribution in [2.24, 2.45) is 0 Å². The van der Waals surface area contributed by atoms with Crippen LogP contribution in [0.5, 0.6) is 5.88 Å². The van der Waals surface area contributed by atoms with E-state index in [9.17, 15) is 0 Å². The first kappa shape index (κ1) is 12.0. The minimum atomic E-state index is 0.0709. The van der Waals surface area contributed by atoms with E-state index in [1.165, 1.54) is 11.1 Å². The molecular weight excluding hydrogens is 236 g/mol. The van der Waals surface area contributed by atoms with Crippen LogP contribution in [0.15, 0.2) is 36.5 Å². The molecule has 1 atom stereocenters. The van der Waals surface area contributed by atoms with Gasteiger partial charge in [0.05, 0.1) is 5.69 Å².